The average Bonchev–Trinajstić information content (AvgIpc) is 2.24. The minimum absolute atomic E-state index is 0.0361. The predicted molar refractivity (Wildman–Crippen MR) is 62.4 cm³/mol. The van der Waals surface area contributed by atoms with Crippen molar-refractivity contribution in [3.63, 3.8) is 0 Å². The molecule has 0 aromatic carbocycles. The van der Waals surface area contributed by atoms with Crippen LogP contribution >= 0.6 is 0 Å². The SMILES string of the molecule is C#CCNC(=O)C12CC3CC(CC(C3)C1)C2. The molecule has 0 aromatic heterocycles. The van der Waals surface area contributed by atoms with E-state index >= 15 is 0 Å². The van der Waals surface area contributed by atoms with E-state index in [1.165, 1.54) is 19.3 Å². The van der Waals surface area contributed by atoms with Gasteiger partial charge in [-0.1, -0.05) is 5.92 Å². The molecule has 0 heterocycles. The number of hydrogen-bond acceptors (Lipinski definition) is 1. The van der Waals surface area contributed by atoms with Crippen LogP contribution in [0.4, 0.5) is 0 Å². The predicted octanol–water partition coefficient (Wildman–Crippen LogP) is 1.95. The Morgan fingerprint density at radius 2 is 1.69 bits per heavy atom. The highest BCUT2D eigenvalue weighted by Crippen LogP contribution is 2.59. The Morgan fingerprint density at radius 3 is 2.12 bits per heavy atom. The summed E-state index contributed by atoms with van der Waals surface area (Å²) in [6.45, 7) is 0.389. The number of terminal acetylenes is 1. The van der Waals surface area contributed by atoms with E-state index in [2.05, 4.69) is 11.2 Å². The molecule has 0 aromatic rings. The Morgan fingerprint density at radius 1 is 1.19 bits per heavy atom. The molecule has 4 rings (SSSR count). The standard InChI is InChI=1S/C14H19NO/c1-2-3-15-13(16)14-7-10-4-11(8-14)6-12(5-10)9-14/h1,10-12H,3-9H2,(H,15,16). The first-order chi connectivity index (χ1) is 7.72. The van der Waals surface area contributed by atoms with E-state index in [9.17, 15) is 4.79 Å². The Hall–Kier alpha value is -0.970. The molecule has 2 nitrogen and oxygen atoms in total. The van der Waals surface area contributed by atoms with Crippen LogP contribution in [0.25, 0.3) is 0 Å². The summed E-state index contributed by atoms with van der Waals surface area (Å²) in [5.74, 6) is 5.21. The van der Waals surface area contributed by atoms with Crippen molar-refractivity contribution in [2.75, 3.05) is 6.54 Å². The van der Waals surface area contributed by atoms with Gasteiger partial charge in [-0.2, -0.15) is 0 Å². The van der Waals surface area contributed by atoms with Crippen LogP contribution in [-0.2, 0) is 4.79 Å². The van der Waals surface area contributed by atoms with E-state index in [1.54, 1.807) is 0 Å². The molecule has 4 saturated carbocycles. The topological polar surface area (TPSA) is 29.1 Å². The maximum Gasteiger partial charge on any atom is 0.226 e. The minimum atomic E-state index is -0.0361. The van der Waals surface area contributed by atoms with Crippen LogP contribution in [0.2, 0.25) is 0 Å². The molecule has 4 aliphatic rings. The van der Waals surface area contributed by atoms with E-state index < -0.39 is 0 Å². The van der Waals surface area contributed by atoms with E-state index in [0.717, 1.165) is 37.0 Å². The van der Waals surface area contributed by atoms with Crippen molar-refractivity contribution >= 4 is 5.91 Å². The van der Waals surface area contributed by atoms with E-state index in [-0.39, 0.29) is 11.3 Å². The summed E-state index contributed by atoms with van der Waals surface area (Å²) < 4.78 is 0. The van der Waals surface area contributed by atoms with Gasteiger partial charge in [0.1, 0.15) is 0 Å². The van der Waals surface area contributed by atoms with E-state index in [1.807, 2.05) is 0 Å². The molecule has 0 spiro atoms. The molecule has 86 valence electrons. The lowest BCUT2D eigenvalue weighted by Gasteiger charge is -2.55. The van der Waals surface area contributed by atoms with Gasteiger partial charge in [0, 0.05) is 5.41 Å². The van der Waals surface area contributed by atoms with Gasteiger partial charge in [-0.15, -0.1) is 6.42 Å². The second-order valence-corrected chi connectivity index (χ2v) is 6.08. The quantitative estimate of drug-likeness (QED) is 0.704. The zero-order valence-electron chi connectivity index (χ0n) is 9.67. The van der Waals surface area contributed by atoms with Crippen molar-refractivity contribution in [2.45, 2.75) is 38.5 Å². The first-order valence-corrected chi connectivity index (χ1v) is 6.43. The molecule has 1 amide bonds. The number of amides is 1. The molecule has 4 fully saturated rings. The average molecular weight is 217 g/mol. The first kappa shape index (κ1) is 10.2. The summed E-state index contributed by atoms with van der Waals surface area (Å²) in [4.78, 5) is 12.2. The maximum absolute atomic E-state index is 12.2. The number of rotatable bonds is 2. The Labute approximate surface area is 97.2 Å². The monoisotopic (exact) mass is 217 g/mol. The summed E-state index contributed by atoms with van der Waals surface area (Å²) in [5, 5.41) is 2.91. The maximum atomic E-state index is 12.2. The zero-order chi connectivity index (χ0) is 11.2. The Kier molecular flexibility index (Phi) is 2.24. The Bertz CT molecular complexity index is 317. The van der Waals surface area contributed by atoms with Gasteiger partial charge in [0.05, 0.1) is 6.54 Å². The molecule has 0 saturated heterocycles. The molecule has 0 atom stereocenters. The normalized spacial score (nSPS) is 44.1. The molecule has 16 heavy (non-hydrogen) atoms. The fourth-order valence-electron chi connectivity index (χ4n) is 4.71. The second-order valence-electron chi connectivity index (χ2n) is 6.08. The fourth-order valence-corrected chi connectivity index (χ4v) is 4.71. The molecule has 0 unspecified atom stereocenters. The van der Waals surface area contributed by atoms with Gasteiger partial charge < -0.3 is 5.32 Å². The van der Waals surface area contributed by atoms with Crippen molar-refractivity contribution in [2.24, 2.45) is 23.2 Å². The zero-order valence-corrected chi connectivity index (χ0v) is 9.67. The Balaban J connectivity index is 1.78. The van der Waals surface area contributed by atoms with Crippen LogP contribution < -0.4 is 5.32 Å². The van der Waals surface area contributed by atoms with Gasteiger partial charge in [-0.25, -0.2) is 0 Å². The van der Waals surface area contributed by atoms with Crippen molar-refractivity contribution in [3.05, 3.63) is 0 Å². The van der Waals surface area contributed by atoms with Crippen molar-refractivity contribution < 1.29 is 4.79 Å². The molecule has 1 N–H and O–H groups in total. The van der Waals surface area contributed by atoms with Crippen molar-refractivity contribution in [1.29, 1.82) is 0 Å². The summed E-state index contributed by atoms with van der Waals surface area (Å²) >= 11 is 0. The van der Waals surface area contributed by atoms with Crippen LogP contribution in [0.3, 0.4) is 0 Å². The molecule has 0 radical (unpaired) electrons. The highest BCUT2D eigenvalue weighted by molar-refractivity contribution is 5.83. The van der Waals surface area contributed by atoms with Gasteiger partial charge in [-0.05, 0) is 56.3 Å². The third-order valence-electron chi connectivity index (χ3n) is 4.87. The van der Waals surface area contributed by atoms with Gasteiger partial charge in [0.2, 0.25) is 5.91 Å². The molecule has 2 heteroatoms. The molecule has 4 aliphatic carbocycles. The van der Waals surface area contributed by atoms with Crippen LogP contribution in [-0.4, -0.2) is 12.5 Å². The summed E-state index contributed by atoms with van der Waals surface area (Å²) in [6.07, 6.45) is 12.7. The molecule has 4 bridgehead atoms. The number of nitrogens with one attached hydrogen (secondary N) is 1. The van der Waals surface area contributed by atoms with Gasteiger partial charge in [0.25, 0.3) is 0 Å². The number of hydrogen-bond donors (Lipinski definition) is 1. The van der Waals surface area contributed by atoms with Gasteiger partial charge in [-0.3, -0.25) is 4.79 Å². The smallest absolute Gasteiger partial charge is 0.226 e. The van der Waals surface area contributed by atoms with Crippen LogP contribution in [0.5, 0.6) is 0 Å². The highest BCUT2D eigenvalue weighted by atomic mass is 16.2. The first-order valence-electron chi connectivity index (χ1n) is 6.43. The minimum Gasteiger partial charge on any atom is -0.345 e. The summed E-state index contributed by atoms with van der Waals surface area (Å²) in [5.41, 5.74) is -0.0361. The van der Waals surface area contributed by atoms with Gasteiger partial charge >= 0.3 is 0 Å². The van der Waals surface area contributed by atoms with Crippen LogP contribution in [0.1, 0.15) is 38.5 Å². The third kappa shape index (κ3) is 1.45. The fraction of sp³-hybridized carbons (Fsp3) is 0.786. The molecular formula is C14H19NO. The van der Waals surface area contributed by atoms with E-state index in [0.29, 0.717) is 6.54 Å². The van der Waals surface area contributed by atoms with Crippen LogP contribution in [0, 0.1) is 35.5 Å². The lowest BCUT2D eigenvalue weighted by atomic mass is 9.49. The van der Waals surface area contributed by atoms with Crippen LogP contribution in [0.15, 0.2) is 0 Å². The van der Waals surface area contributed by atoms with Crippen molar-refractivity contribution in [3.8, 4) is 12.3 Å². The molecular weight excluding hydrogens is 198 g/mol. The van der Waals surface area contributed by atoms with E-state index in [4.69, 9.17) is 6.42 Å². The summed E-state index contributed by atoms with van der Waals surface area (Å²) in [6, 6.07) is 0. The summed E-state index contributed by atoms with van der Waals surface area (Å²) in [7, 11) is 0. The highest BCUT2D eigenvalue weighted by Gasteiger charge is 2.54. The lowest BCUT2D eigenvalue weighted by Crippen LogP contribution is -2.53. The lowest BCUT2D eigenvalue weighted by molar-refractivity contribution is -0.145. The largest absolute Gasteiger partial charge is 0.345 e. The number of carbonyl (C=O) groups excluding carboxylic acids is 1. The van der Waals surface area contributed by atoms with Gasteiger partial charge in [0.15, 0.2) is 0 Å². The third-order valence-corrected chi connectivity index (χ3v) is 4.87. The number of carbonyl (C=O) groups is 1. The molecule has 0 aliphatic heterocycles. The second kappa shape index (κ2) is 3.52. The van der Waals surface area contributed by atoms with Crippen molar-refractivity contribution in [1.82, 2.24) is 5.32 Å².